The van der Waals surface area contributed by atoms with Crippen LogP contribution in [0.25, 0.3) is 0 Å². The Morgan fingerprint density at radius 1 is 0.643 bits per heavy atom. The first-order chi connectivity index (χ1) is 5.20. The van der Waals surface area contributed by atoms with Crippen LogP contribution in [-0.2, 0) is 75.9 Å². The van der Waals surface area contributed by atoms with Gasteiger partial charge < -0.3 is 2.85 Å². The number of rotatable bonds is 0. The smallest absolute Gasteiger partial charge is 2.00 e. The van der Waals surface area contributed by atoms with Crippen molar-refractivity contribution in [2.75, 3.05) is 0 Å². The summed E-state index contributed by atoms with van der Waals surface area (Å²) in [4.78, 5) is 0. The molecule has 14 heavy (non-hydrogen) atoms. The molecule has 0 rings (SSSR count). The largest absolute Gasteiger partial charge is 2.00 e. The van der Waals surface area contributed by atoms with Crippen LogP contribution < -0.4 is 0 Å². The Kier molecular flexibility index (Phi) is 54.6. The SMILES string of the molecule is [BiH3].[H-].[H-].[O]=[Ta](=[O])[OH].[O]=[Ta](=[O])[OH].[O]=[Ta](=[O])[OH].[Sr+2]. The van der Waals surface area contributed by atoms with Crippen molar-refractivity contribution >= 4 is 71.7 Å². The van der Waals surface area contributed by atoms with Crippen LogP contribution in [0.3, 0.4) is 0 Å². The summed E-state index contributed by atoms with van der Waals surface area (Å²) in [6, 6.07) is 0. The Hall–Kier alpha value is 3.26. The average molecular weight is 991 g/mol. The van der Waals surface area contributed by atoms with Gasteiger partial charge in [-0.05, 0) is 0 Å². The molecule has 0 fully saturated rings. The molecule has 0 amide bonds. The molecule has 9 nitrogen and oxygen atoms in total. The molecule has 0 bridgehead atoms. The van der Waals surface area contributed by atoms with E-state index < -0.39 is 56.4 Å². The molecule has 0 aromatic carbocycles. The summed E-state index contributed by atoms with van der Waals surface area (Å²) in [6.45, 7) is 0. The van der Waals surface area contributed by atoms with E-state index in [1.54, 1.807) is 0 Å². The van der Waals surface area contributed by atoms with Crippen molar-refractivity contribution in [2.24, 2.45) is 0 Å². The third-order valence-electron chi connectivity index (χ3n) is 0. The van der Waals surface area contributed by atoms with Gasteiger partial charge in [-0.3, -0.25) is 0 Å². The van der Waals surface area contributed by atoms with Crippen molar-refractivity contribution in [1.82, 2.24) is 0 Å². The van der Waals surface area contributed by atoms with Crippen LogP contribution in [0.4, 0.5) is 0 Å². The van der Waals surface area contributed by atoms with Crippen LogP contribution in [-0.4, -0.2) is 82.5 Å². The van der Waals surface area contributed by atoms with E-state index in [4.69, 9.17) is 30.3 Å². The molecule has 0 saturated carbocycles. The van der Waals surface area contributed by atoms with E-state index in [2.05, 4.69) is 0 Å². The van der Waals surface area contributed by atoms with Gasteiger partial charge in [-0.2, -0.15) is 0 Å². The zero-order valence-electron chi connectivity index (χ0n) is 8.55. The molecular weight excluding hydrogens is 983 g/mol. The predicted octanol–water partition coefficient (Wildman–Crippen LogP) is -3.73. The summed E-state index contributed by atoms with van der Waals surface area (Å²) >= 11 is -12.3. The summed E-state index contributed by atoms with van der Waals surface area (Å²) in [5.41, 5.74) is 0. The summed E-state index contributed by atoms with van der Waals surface area (Å²) in [7, 11) is 0. The fourth-order valence-corrected chi connectivity index (χ4v) is 0. The average Bonchev–Trinajstić information content (AvgIpc) is 1.54. The standard InChI is InChI=1S/Bi.3H2O.6O.Sr.3Ta.5H/h;3*1H2;;;;;;;;;;;;;;;/q;;;;;;;;;;+2;3*+1;;;;2*-1/p-3. The van der Waals surface area contributed by atoms with Crippen molar-refractivity contribution in [2.45, 2.75) is 0 Å². The molecule has 14 heteroatoms. The molecule has 0 heterocycles. The molecule has 0 unspecified atom stereocenters. The Balaban J connectivity index is -0.0000000135. The van der Waals surface area contributed by atoms with E-state index in [1.165, 1.54) is 0 Å². The monoisotopic (exact) mass is 992 g/mol. The van der Waals surface area contributed by atoms with Gasteiger partial charge in [0, 0.05) is 0 Å². The molecular formula is H8BiO9SrTa3. The number of hydrogen-bond acceptors (Lipinski definition) is 6. The first-order valence-corrected chi connectivity index (χ1v) is 13.9. The van der Waals surface area contributed by atoms with E-state index in [0.717, 1.165) is 0 Å². The van der Waals surface area contributed by atoms with Crippen LogP contribution in [0, 0.1) is 0 Å². The van der Waals surface area contributed by atoms with Gasteiger partial charge in [0.05, 0.1) is 0 Å². The molecule has 0 saturated heterocycles. The molecule has 0 radical (unpaired) electrons. The van der Waals surface area contributed by atoms with Gasteiger partial charge in [-0.25, -0.2) is 0 Å². The van der Waals surface area contributed by atoms with Crippen LogP contribution in [0.2, 0.25) is 0 Å². The molecule has 0 aliphatic rings. The maximum atomic E-state index is 8.73. The maximum absolute atomic E-state index is 8.73. The van der Waals surface area contributed by atoms with E-state index in [9.17, 15) is 0 Å². The van der Waals surface area contributed by atoms with Crippen molar-refractivity contribution in [1.29, 1.82) is 0 Å². The van der Waals surface area contributed by atoms with Crippen LogP contribution in [0.5, 0.6) is 0 Å². The van der Waals surface area contributed by atoms with Crippen LogP contribution >= 0.6 is 0 Å². The predicted molar refractivity (Wildman–Crippen MR) is 28.7 cm³/mol. The summed E-state index contributed by atoms with van der Waals surface area (Å²) in [6.07, 6.45) is 0. The molecule has 0 aliphatic heterocycles. The zero-order valence-corrected chi connectivity index (χ0v) is 25.2. The molecule has 0 aromatic rings. The van der Waals surface area contributed by atoms with E-state index in [0.29, 0.717) is 0 Å². The minimum absolute atomic E-state index is 0. The van der Waals surface area contributed by atoms with Crippen molar-refractivity contribution in [3.63, 3.8) is 0 Å². The molecule has 3 N–H and O–H groups in total. The second kappa shape index (κ2) is 25.2. The molecule has 0 atom stereocenters. The van der Waals surface area contributed by atoms with Crippen molar-refractivity contribution in [3.8, 4) is 0 Å². The van der Waals surface area contributed by atoms with E-state index >= 15 is 0 Å². The van der Waals surface area contributed by atoms with E-state index in [-0.39, 0.29) is 74.5 Å². The Labute approximate surface area is 157 Å². The fourth-order valence-electron chi connectivity index (χ4n) is 0. The van der Waals surface area contributed by atoms with Crippen LogP contribution in [0.15, 0.2) is 0 Å². The molecule has 0 spiro atoms. The molecule has 0 aliphatic carbocycles. The topological polar surface area (TPSA) is 163 Å². The van der Waals surface area contributed by atoms with Gasteiger partial charge in [0.25, 0.3) is 0 Å². The first-order valence-electron chi connectivity index (χ1n) is 1.70. The summed E-state index contributed by atoms with van der Waals surface area (Å²) < 4.78 is 73.8. The minimum atomic E-state index is -4.09. The Morgan fingerprint density at radius 2 is 0.643 bits per heavy atom. The second-order valence-corrected chi connectivity index (χ2v) is 5.84. The summed E-state index contributed by atoms with van der Waals surface area (Å²) in [5.74, 6) is 0. The van der Waals surface area contributed by atoms with Gasteiger partial charge >= 0.3 is 158 Å². The second-order valence-electron chi connectivity index (χ2n) is 0.714. The Morgan fingerprint density at radius 3 is 0.643 bits per heavy atom. The van der Waals surface area contributed by atoms with Gasteiger partial charge in [-0.1, -0.05) is 0 Å². The zero-order chi connectivity index (χ0) is 10.7. The third-order valence-corrected chi connectivity index (χ3v) is 0. The fraction of sp³-hybridized carbons (Fsp3) is 0. The Bertz CT molecular complexity index is 222. The van der Waals surface area contributed by atoms with Gasteiger partial charge in [0.15, 0.2) is 0 Å². The van der Waals surface area contributed by atoms with Crippen LogP contribution in [0.1, 0.15) is 2.85 Å². The molecule has 0 aromatic heterocycles. The minimum Gasteiger partial charge on any atom is 2.00 e. The van der Waals surface area contributed by atoms with E-state index in [1.807, 2.05) is 0 Å². The number of hydrogen-bond donors (Lipinski definition) is 3. The van der Waals surface area contributed by atoms with Gasteiger partial charge in [0.2, 0.25) is 0 Å². The first kappa shape index (κ1) is 30.4. The normalized spacial score (nSPS) is 5.36. The van der Waals surface area contributed by atoms with Crippen molar-refractivity contribution in [3.05, 3.63) is 0 Å². The van der Waals surface area contributed by atoms with Crippen molar-refractivity contribution < 1.29 is 89.6 Å². The molecule has 84 valence electrons. The third kappa shape index (κ3) is 291. The maximum Gasteiger partial charge on any atom is 2.00 e. The van der Waals surface area contributed by atoms with Gasteiger partial charge in [0.1, 0.15) is 0 Å². The van der Waals surface area contributed by atoms with Gasteiger partial charge in [-0.15, -0.1) is 0 Å². The summed E-state index contributed by atoms with van der Waals surface area (Å²) in [5, 5.41) is 0. The quantitative estimate of drug-likeness (QED) is 0.208.